The molecule has 2 unspecified atom stereocenters. The molecular weight excluding hydrogens is 730 g/mol. The molecule has 0 radical (unpaired) electrons. The van der Waals surface area contributed by atoms with Crippen LogP contribution >= 0.6 is 17.2 Å². The predicted octanol–water partition coefficient (Wildman–Crippen LogP) is 7.41. The molecule has 0 aromatic heterocycles. The van der Waals surface area contributed by atoms with Gasteiger partial charge in [0.2, 0.25) is 0 Å². The third-order valence-corrected chi connectivity index (χ3v) is 9.99. The van der Waals surface area contributed by atoms with Crippen molar-refractivity contribution in [2.45, 2.75) is 75.9 Å². The largest absolute Gasteiger partial charge is 0.368 e. The van der Waals surface area contributed by atoms with E-state index in [9.17, 15) is 9.79 Å². The summed E-state index contributed by atoms with van der Waals surface area (Å²) in [4.78, 5) is 22.3. The van der Waals surface area contributed by atoms with Gasteiger partial charge in [0, 0.05) is 0 Å². The van der Waals surface area contributed by atoms with Crippen molar-refractivity contribution in [3.05, 3.63) is 144 Å². The molecular formula is C40H44N2O10P2. The lowest BCUT2D eigenvalue weighted by Gasteiger charge is -2.49. The SMILES string of the molecule is N#CCCOP(O)O[C@@H]1[C@@H](OCc2ccccc2)[C@H](OCc2ccccc2)[C@@H](OCc2ccccc2)[C@H](OCc2ccccc2)[C@@H]1OP(O)OCCC#N. The second kappa shape index (κ2) is 23.3. The van der Waals surface area contributed by atoms with E-state index in [4.69, 9.17) is 47.6 Å². The summed E-state index contributed by atoms with van der Waals surface area (Å²) < 4.78 is 50.4. The van der Waals surface area contributed by atoms with Gasteiger partial charge in [0.1, 0.15) is 36.6 Å². The molecule has 8 atom stereocenters. The molecule has 5 rings (SSSR count). The maximum absolute atomic E-state index is 11.1. The van der Waals surface area contributed by atoms with Crippen molar-refractivity contribution in [1.82, 2.24) is 0 Å². The quantitative estimate of drug-likeness (QED) is 0.0602. The van der Waals surface area contributed by atoms with Crippen LogP contribution in [0.5, 0.6) is 0 Å². The number of nitrogens with zero attached hydrogens (tertiary/aromatic N) is 2. The number of ether oxygens (including phenoxy) is 4. The third-order valence-electron chi connectivity index (χ3n) is 8.34. The Labute approximate surface area is 318 Å². The smallest absolute Gasteiger partial charge is 0.330 e. The summed E-state index contributed by atoms with van der Waals surface area (Å²) in [5.74, 6) is 0. The summed E-state index contributed by atoms with van der Waals surface area (Å²) in [5, 5.41) is 18.2. The van der Waals surface area contributed by atoms with Crippen molar-refractivity contribution in [1.29, 1.82) is 10.5 Å². The Bertz CT molecular complexity index is 1580. The van der Waals surface area contributed by atoms with Gasteiger partial charge in [-0.25, -0.2) is 0 Å². The van der Waals surface area contributed by atoms with Crippen LogP contribution < -0.4 is 0 Å². The molecule has 1 fully saturated rings. The summed E-state index contributed by atoms with van der Waals surface area (Å²) in [6.45, 7) is 0.414. The number of hydrogen-bond acceptors (Lipinski definition) is 12. The van der Waals surface area contributed by atoms with Crippen molar-refractivity contribution in [3.63, 3.8) is 0 Å². The van der Waals surface area contributed by atoms with Gasteiger partial charge in [0.15, 0.2) is 0 Å². The number of rotatable bonds is 22. The number of benzene rings is 4. The molecule has 0 spiro atoms. The van der Waals surface area contributed by atoms with Gasteiger partial charge >= 0.3 is 17.2 Å². The highest BCUT2D eigenvalue weighted by molar-refractivity contribution is 7.41. The fraction of sp³-hybridized carbons (Fsp3) is 0.350. The van der Waals surface area contributed by atoms with Crippen LogP contribution in [0.2, 0.25) is 0 Å². The lowest BCUT2D eigenvalue weighted by atomic mass is 9.84. The Morgan fingerprint density at radius 3 is 0.944 bits per heavy atom. The van der Waals surface area contributed by atoms with Crippen molar-refractivity contribution in [3.8, 4) is 12.1 Å². The van der Waals surface area contributed by atoms with E-state index in [0.29, 0.717) is 0 Å². The van der Waals surface area contributed by atoms with E-state index >= 15 is 0 Å². The molecule has 12 nitrogen and oxygen atoms in total. The maximum Gasteiger partial charge on any atom is 0.330 e. The van der Waals surface area contributed by atoms with E-state index in [1.807, 2.05) is 133 Å². The van der Waals surface area contributed by atoms with E-state index in [2.05, 4.69) is 0 Å². The highest BCUT2D eigenvalue weighted by Gasteiger charge is 2.57. The Kier molecular flexibility index (Phi) is 17.9. The molecule has 4 aromatic carbocycles. The average molecular weight is 775 g/mol. The topological polar surface area (TPSA) is 162 Å². The Balaban J connectivity index is 1.59. The number of nitriles is 2. The molecule has 0 aliphatic heterocycles. The molecule has 14 heteroatoms. The first-order valence-electron chi connectivity index (χ1n) is 17.5. The molecule has 54 heavy (non-hydrogen) atoms. The molecule has 1 aliphatic carbocycles. The highest BCUT2D eigenvalue weighted by Crippen LogP contribution is 2.47. The zero-order chi connectivity index (χ0) is 37.8. The van der Waals surface area contributed by atoms with E-state index in [1.165, 1.54) is 0 Å². The fourth-order valence-electron chi connectivity index (χ4n) is 5.79. The van der Waals surface area contributed by atoms with Gasteiger partial charge in [-0.2, -0.15) is 10.5 Å². The second-order valence-corrected chi connectivity index (χ2v) is 14.0. The minimum Gasteiger partial charge on any atom is -0.368 e. The lowest BCUT2D eigenvalue weighted by molar-refractivity contribution is -0.266. The van der Waals surface area contributed by atoms with Gasteiger partial charge in [-0.3, -0.25) is 0 Å². The molecule has 4 aromatic rings. The summed E-state index contributed by atoms with van der Waals surface area (Å²) in [5.41, 5.74) is 3.52. The summed E-state index contributed by atoms with van der Waals surface area (Å²) >= 11 is 0. The lowest BCUT2D eigenvalue weighted by Crippen LogP contribution is -2.67. The van der Waals surface area contributed by atoms with E-state index < -0.39 is 53.8 Å². The molecule has 1 aliphatic rings. The van der Waals surface area contributed by atoms with Gasteiger partial charge in [0.25, 0.3) is 0 Å². The van der Waals surface area contributed by atoms with Gasteiger partial charge < -0.3 is 46.8 Å². The van der Waals surface area contributed by atoms with Gasteiger partial charge in [-0.1, -0.05) is 121 Å². The van der Waals surface area contributed by atoms with Gasteiger partial charge in [-0.15, -0.1) is 0 Å². The molecule has 1 saturated carbocycles. The Hall–Kier alpha value is -3.68. The molecule has 0 heterocycles. The zero-order valence-electron chi connectivity index (χ0n) is 29.6. The molecule has 0 saturated heterocycles. The Morgan fingerprint density at radius 1 is 0.426 bits per heavy atom. The van der Waals surface area contributed by atoms with Crippen molar-refractivity contribution < 1.29 is 46.8 Å². The van der Waals surface area contributed by atoms with E-state index in [1.54, 1.807) is 0 Å². The Morgan fingerprint density at radius 2 is 0.685 bits per heavy atom. The molecule has 0 bridgehead atoms. The molecule has 2 N–H and O–H groups in total. The number of hydrogen-bond donors (Lipinski definition) is 2. The summed E-state index contributed by atoms with van der Waals surface area (Å²) in [6.07, 6.45) is -6.13. The average Bonchev–Trinajstić information content (AvgIpc) is 3.21. The van der Waals surface area contributed by atoms with Crippen LogP contribution in [-0.2, 0) is 63.5 Å². The van der Waals surface area contributed by atoms with Crippen LogP contribution in [-0.4, -0.2) is 59.6 Å². The van der Waals surface area contributed by atoms with E-state index in [0.717, 1.165) is 22.3 Å². The van der Waals surface area contributed by atoms with Crippen LogP contribution in [0.4, 0.5) is 0 Å². The van der Waals surface area contributed by atoms with Gasteiger partial charge in [-0.05, 0) is 22.3 Å². The van der Waals surface area contributed by atoms with Crippen molar-refractivity contribution in [2.24, 2.45) is 0 Å². The summed E-state index contributed by atoms with van der Waals surface area (Å²) in [7, 11) is -5.19. The predicted molar refractivity (Wildman–Crippen MR) is 200 cm³/mol. The molecule has 0 amide bonds. The normalized spacial score (nSPS) is 22.1. The summed E-state index contributed by atoms with van der Waals surface area (Å²) in [6, 6.07) is 42.3. The molecule has 284 valence electrons. The van der Waals surface area contributed by atoms with Crippen molar-refractivity contribution >= 4 is 17.2 Å². The standard InChI is InChI=1S/C40H44N2O10P2/c41-23-13-25-49-53(43)51-39-37(47-29-33-19-9-3-10-20-33)35(45-27-31-15-5-1-6-16-31)36(46-28-32-17-7-2-8-18-32)38(48-30-34-21-11-4-12-22-34)40(39)52-54(44)50-26-14-24-42/h1-12,15-22,35-40,43-44H,13-14,25-30H2/t35-,36-,37+,38+,39-,40+,53?,54?/m1/s1. The minimum absolute atomic E-state index is 0.0248. The van der Waals surface area contributed by atoms with Crippen molar-refractivity contribution in [2.75, 3.05) is 13.2 Å². The minimum atomic E-state index is -2.60. The van der Waals surface area contributed by atoms with Crippen LogP contribution in [0.15, 0.2) is 121 Å². The second-order valence-electron chi connectivity index (χ2n) is 12.1. The van der Waals surface area contributed by atoms with Gasteiger partial charge in [0.05, 0.1) is 64.6 Å². The van der Waals surface area contributed by atoms with Crippen LogP contribution in [0.25, 0.3) is 0 Å². The first-order chi connectivity index (χ1) is 26.6. The first-order valence-corrected chi connectivity index (χ1v) is 19.7. The third kappa shape index (κ3) is 13.3. The van der Waals surface area contributed by atoms with E-state index in [-0.39, 0.29) is 52.5 Å². The fourth-order valence-corrected chi connectivity index (χ4v) is 7.31. The van der Waals surface area contributed by atoms with Crippen LogP contribution in [0.3, 0.4) is 0 Å². The monoisotopic (exact) mass is 774 g/mol. The van der Waals surface area contributed by atoms with Crippen LogP contribution in [0, 0.1) is 22.7 Å². The van der Waals surface area contributed by atoms with Crippen LogP contribution in [0.1, 0.15) is 35.1 Å². The first kappa shape index (κ1) is 41.5. The zero-order valence-corrected chi connectivity index (χ0v) is 31.4. The highest BCUT2D eigenvalue weighted by atomic mass is 31.2. The maximum atomic E-state index is 11.1.